The fraction of sp³-hybridized carbons (Fsp3) is 0.389. The van der Waals surface area contributed by atoms with Crippen molar-refractivity contribution in [1.82, 2.24) is 0 Å². The molecule has 1 heterocycles. The summed E-state index contributed by atoms with van der Waals surface area (Å²) in [4.78, 5) is 29.4. The van der Waals surface area contributed by atoms with Gasteiger partial charge < -0.3 is 4.74 Å². The second-order valence-electron chi connectivity index (χ2n) is 5.92. The molecule has 0 bridgehead atoms. The molecule has 2 aliphatic rings. The number of esters is 1. The average molecular weight is 332 g/mol. The van der Waals surface area contributed by atoms with Crippen LogP contribution in [0.4, 0.5) is 0 Å². The molecule has 1 aliphatic heterocycles. The van der Waals surface area contributed by atoms with Gasteiger partial charge in [0.05, 0.1) is 7.11 Å². The van der Waals surface area contributed by atoms with Crippen LogP contribution in [0.25, 0.3) is 0 Å². The Balaban J connectivity index is 2.17. The van der Waals surface area contributed by atoms with Crippen LogP contribution in [-0.4, -0.2) is 24.6 Å². The van der Waals surface area contributed by atoms with Crippen molar-refractivity contribution < 1.29 is 14.3 Å². The lowest BCUT2D eigenvalue weighted by molar-refractivity contribution is -0.143. The molecule has 1 aromatic rings. The number of halogens is 1. The standard InChI is InChI=1S/C18H18ClNO3/c1-10-15(18(22)23-2)16(11-6-8-12(19)9-7-11)17-13(20-10)4-3-5-14(17)21/h6-9,15-16H,3-5H2,1-2H3/t15?,16-/m1/s1. The Morgan fingerprint density at radius 1 is 1.26 bits per heavy atom. The molecule has 1 aromatic carbocycles. The lowest BCUT2D eigenvalue weighted by Crippen LogP contribution is -2.36. The van der Waals surface area contributed by atoms with Crippen LogP contribution in [0.1, 0.15) is 37.7 Å². The molecule has 120 valence electrons. The summed E-state index contributed by atoms with van der Waals surface area (Å²) in [6, 6.07) is 7.29. The van der Waals surface area contributed by atoms with E-state index in [2.05, 4.69) is 4.99 Å². The molecule has 3 rings (SSSR count). The zero-order chi connectivity index (χ0) is 16.6. The topological polar surface area (TPSA) is 55.7 Å². The molecule has 4 nitrogen and oxygen atoms in total. The molecule has 0 saturated carbocycles. The van der Waals surface area contributed by atoms with Gasteiger partial charge in [-0.05, 0) is 37.5 Å². The highest BCUT2D eigenvalue weighted by Crippen LogP contribution is 2.43. The van der Waals surface area contributed by atoms with Gasteiger partial charge >= 0.3 is 5.97 Å². The van der Waals surface area contributed by atoms with Crippen molar-refractivity contribution in [3.8, 4) is 0 Å². The average Bonchev–Trinajstić information content (AvgIpc) is 2.54. The number of ketones is 1. The maximum atomic E-state index is 12.5. The van der Waals surface area contributed by atoms with E-state index in [9.17, 15) is 9.59 Å². The Morgan fingerprint density at radius 3 is 2.61 bits per heavy atom. The van der Waals surface area contributed by atoms with Crippen LogP contribution in [0, 0.1) is 5.92 Å². The first-order valence-electron chi connectivity index (χ1n) is 7.67. The Labute approximate surface area is 140 Å². The summed E-state index contributed by atoms with van der Waals surface area (Å²) in [5, 5.41) is 0.619. The van der Waals surface area contributed by atoms with Crippen LogP contribution in [0.15, 0.2) is 40.5 Å². The summed E-state index contributed by atoms with van der Waals surface area (Å²) in [6.45, 7) is 1.83. The van der Waals surface area contributed by atoms with Crippen LogP contribution >= 0.6 is 11.6 Å². The number of nitrogens with zero attached hydrogens (tertiary/aromatic N) is 1. The molecule has 2 atom stereocenters. The number of ether oxygens (including phenoxy) is 1. The predicted octanol–water partition coefficient (Wildman–Crippen LogP) is 3.69. The van der Waals surface area contributed by atoms with Gasteiger partial charge in [-0.3, -0.25) is 14.6 Å². The number of carbonyl (C=O) groups is 2. The van der Waals surface area contributed by atoms with Crippen molar-refractivity contribution in [3.63, 3.8) is 0 Å². The second kappa shape index (κ2) is 6.28. The number of aliphatic imine (C=N–C) groups is 1. The zero-order valence-corrected chi connectivity index (χ0v) is 13.9. The largest absolute Gasteiger partial charge is 0.468 e. The van der Waals surface area contributed by atoms with Crippen LogP contribution in [0.3, 0.4) is 0 Å². The minimum absolute atomic E-state index is 0.0800. The Bertz CT molecular complexity index is 718. The van der Waals surface area contributed by atoms with Crippen molar-refractivity contribution in [1.29, 1.82) is 0 Å². The van der Waals surface area contributed by atoms with Crippen LogP contribution < -0.4 is 0 Å². The van der Waals surface area contributed by atoms with Gasteiger partial charge in [0.1, 0.15) is 5.92 Å². The van der Waals surface area contributed by atoms with Gasteiger partial charge in [0, 0.05) is 34.3 Å². The highest BCUT2D eigenvalue weighted by Gasteiger charge is 2.42. The number of hydrogen-bond donors (Lipinski definition) is 0. The van der Waals surface area contributed by atoms with E-state index in [1.54, 1.807) is 12.1 Å². The molecule has 0 spiro atoms. The van der Waals surface area contributed by atoms with Gasteiger partial charge in [-0.15, -0.1) is 0 Å². The fourth-order valence-corrected chi connectivity index (χ4v) is 3.59. The fourth-order valence-electron chi connectivity index (χ4n) is 3.47. The van der Waals surface area contributed by atoms with E-state index < -0.39 is 5.92 Å². The molecule has 0 saturated heterocycles. The van der Waals surface area contributed by atoms with Crippen LogP contribution in [-0.2, 0) is 14.3 Å². The first-order valence-corrected chi connectivity index (χ1v) is 8.05. The molecular formula is C18H18ClNO3. The third-order valence-corrected chi connectivity index (χ3v) is 4.77. The van der Waals surface area contributed by atoms with Gasteiger partial charge in [0.2, 0.25) is 0 Å². The summed E-state index contributed by atoms with van der Waals surface area (Å²) < 4.78 is 4.97. The SMILES string of the molecule is COC(=O)C1C(C)=NC2=C(C(=O)CCC2)[C@@H]1c1ccc(Cl)cc1. The molecule has 23 heavy (non-hydrogen) atoms. The van der Waals surface area contributed by atoms with Crippen molar-refractivity contribution in [2.45, 2.75) is 32.1 Å². The second-order valence-corrected chi connectivity index (χ2v) is 6.36. The molecule has 0 N–H and O–H groups in total. The lowest BCUT2D eigenvalue weighted by Gasteiger charge is -2.34. The van der Waals surface area contributed by atoms with Gasteiger partial charge in [0.25, 0.3) is 0 Å². The summed E-state index contributed by atoms with van der Waals surface area (Å²) >= 11 is 5.98. The molecule has 1 unspecified atom stereocenters. The van der Waals surface area contributed by atoms with Crippen LogP contribution in [0.5, 0.6) is 0 Å². The normalized spacial score (nSPS) is 24.1. The quantitative estimate of drug-likeness (QED) is 0.776. The van der Waals surface area contributed by atoms with Gasteiger partial charge in [-0.2, -0.15) is 0 Å². The number of carbonyl (C=O) groups excluding carboxylic acids is 2. The Morgan fingerprint density at radius 2 is 1.96 bits per heavy atom. The van der Waals surface area contributed by atoms with E-state index in [4.69, 9.17) is 16.3 Å². The summed E-state index contributed by atoms with van der Waals surface area (Å²) in [5.74, 6) is -1.20. The zero-order valence-electron chi connectivity index (χ0n) is 13.1. The molecule has 0 fully saturated rings. The van der Waals surface area contributed by atoms with Crippen molar-refractivity contribution in [3.05, 3.63) is 46.1 Å². The molecule has 0 aromatic heterocycles. The van der Waals surface area contributed by atoms with E-state index in [0.29, 0.717) is 22.7 Å². The number of methoxy groups -OCH3 is 1. The molecular weight excluding hydrogens is 314 g/mol. The monoisotopic (exact) mass is 331 g/mol. The molecule has 0 radical (unpaired) electrons. The van der Waals surface area contributed by atoms with Crippen molar-refractivity contribution in [2.24, 2.45) is 10.9 Å². The maximum absolute atomic E-state index is 12.5. The van der Waals surface area contributed by atoms with E-state index >= 15 is 0 Å². The summed E-state index contributed by atoms with van der Waals surface area (Å²) in [7, 11) is 1.36. The maximum Gasteiger partial charge on any atom is 0.315 e. The highest BCUT2D eigenvalue weighted by atomic mass is 35.5. The van der Waals surface area contributed by atoms with E-state index in [-0.39, 0.29) is 17.7 Å². The third kappa shape index (κ3) is 2.83. The molecule has 0 amide bonds. The smallest absolute Gasteiger partial charge is 0.315 e. The lowest BCUT2D eigenvalue weighted by atomic mass is 9.72. The highest BCUT2D eigenvalue weighted by molar-refractivity contribution is 6.30. The summed E-state index contributed by atoms with van der Waals surface area (Å²) in [6.07, 6.45) is 2.09. The van der Waals surface area contributed by atoms with Gasteiger partial charge in [0.15, 0.2) is 5.78 Å². The van der Waals surface area contributed by atoms with Gasteiger partial charge in [-0.1, -0.05) is 23.7 Å². The molecule has 1 aliphatic carbocycles. The van der Waals surface area contributed by atoms with Crippen molar-refractivity contribution in [2.75, 3.05) is 7.11 Å². The first kappa shape index (κ1) is 15.9. The van der Waals surface area contributed by atoms with E-state index in [0.717, 1.165) is 24.1 Å². The number of rotatable bonds is 2. The first-order chi connectivity index (χ1) is 11.0. The van der Waals surface area contributed by atoms with E-state index in [1.165, 1.54) is 7.11 Å². The minimum Gasteiger partial charge on any atom is -0.468 e. The third-order valence-electron chi connectivity index (χ3n) is 4.52. The van der Waals surface area contributed by atoms with Crippen molar-refractivity contribution >= 4 is 29.1 Å². The number of Topliss-reactive ketones (excluding diaryl/α,β-unsaturated/α-hetero) is 1. The number of allylic oxidation sites excluding steroid dienone is 2. The Hall–Kier alpha value is -1.94. The Kier molecular flexibility index (Phi) is 4.35. The minimum atomic E-state index is -0.568. The van der Waals surface area contributed by atoms with Crippen LogP contribution in [0.2, 0.25) is 5.02 Å². The number of hydrogen-bond acceptors (Lipinski definition) is 4. The van der Waals surface area contributed by atoms with Gasteiger partial charge in [-0.25, -0.2) is 0 Å². The summed E-state index contributed by atoms with van der Waals surface area (Å²) in [5.41, 5.74) is 3.07. The molecule has 5 heteroatoms. The number of benzene rings is 1. The predicted molar refractivity (Wildman–Crippen MR) is 88.7 cm³/mol. The van der Waals surface area contributed by atoms with E-state index in [1.807, 2.05) is 19.1 Å².